The van der Waals surface area contributed by atoms with Gasteiger partial charge in [0.25, 0.3) is 0 Å². The maximum absolute atomic E-state index is 2.44. The quantitative estimate of drug-likeness (QED) is 0.181. The smallest absolute Gasteiger partial charge is 0.0561 e. The van der Waals surface area contributed by atoms with E-state index in [2.05, 4.69) is 191 Å². The number of thiophene rings is 1. The first-order valence-corrected chi connectivity index (χ1v) is 17.5. The third kappa shape index (κ3) is 4.47. The summed E-state index contributed by atoms with van der Waals surface area (Å²) in [6, 6.07) is 66.1. The molecule has 0 aliphatic heterocycles. The van der Waals surface area contributed by atoms with Gasteiger partial charge in [0.2, 0.25) is 0 Å². The number of benzene rings is 8. The zero-order valence-corrected chi connectivity index (χ0v) is 27.4. The number of nitrogens with zero attached hydrogens (tertiary/aromatic N) is 2. The van der Waals surface area contributed by atoms with E-state index in [-0.39, 0.29) is 0 Å². The van der Waals surface area contributed by atoms with Crippen LogP contribution in [0.4, 0.5) is 17.1 Å². The number of rotatable bonds is 5. The summed E-state index contributed by atoms with van der Waals surface area (Å²) in [5.74, 6) is 0. The minimum atomic E-state index is 1.11. The molecule has 0 N–H and O–H groups in total. The fourth-order valence-corrected chi connectivity index (χ4v) is 8.79. The van der Waals surface area contributed by atoms with Crippen LogP contribution in [0.2, 0.25) is 0 Å². The second-order valence-corrected chi connectivity index (χ2v) is 13.6. The zero-order valence-electron chi connectivity index (χ0n) is 26.6. The molecule has 230 valence electrons. The number of hydrogen-bond donors (Lipinski definition) is 0. The van der Waals surface area contributed by atoms with Gasteiger partial charge in [0.05, 0.1) is 16.7 Å². The van der Waals surface area contributed by atoms with Crippen LogP contribution >= 0.6 is 11.3 Å². The monoisotopic (exact) mass is 642 g/mol. The van der Waals surface area contributed by atoms with Crippen LogP contribution in [0.5, 0.6) is 0 Å². The van der Waals surface area contributed by atoms with Crippen LogP contribution < -0.4 is 4.90 Å². The summed E-state index contributed by atoms with van der Waals surface area (Å²) in [5.41, 5.74) is 9.41. The number of para-hydroxylation sites is 2. The topological polar surface area (TPSA) is 8.17 Å². The molecule has 8 aromatic carbocycles. The Morgan fingerprint density at radius 2 is 0.959 bits per heavy atom. The predicted molar refractivity (Wildman–Crippen MR) is 211 cm³/mol. The third-order valence-electron chi connectivity index (χ3n) is 9.77. The van der Waals surface area contributed by atoms with Crippen LogP contribution in [0.1, 0.15) is 0 Å². The van der Waals surface area contributed by atoms with Gasteiger partial charge in [-0.05, 0) is 82.6 Å². The molecule has 10 aromatic rings. The lowest BCUT2D eigenvalue weighted by molar-refractivity contribution is 1.17. The van der Waals surface area contributed by atoms with Crippen LogP contribution in [0.25, 0.3) is 69.6 Å². The Kier molecular flexibility index (Phi) is 6.39. The SMILES string of the molecule is c1ccc(-c2ccc(N(c3ccc(-n4c5ccccc5c5ccccc54)cc3)c3cc4ccccc4c4sc5ccccc5c34)cc2)cc1. The van der Waals surface area contributed by atoms with Crippen LogP contribution in [-0.2, 0) is 0 Å². The first-order chi connectivity index (χ1) is 24.3. The second-order valence-electron chi connectivity index (χ2n) is 12.6. The van der Waals surface area contributed by atoms with Gasteiger partial charge in [-0.25, -0.2) is 0 Å². The van der Waals surface area contributed by atoms with Crippen molar-refractivity contribution in [3.05, 3.63) is 182 Å². The molecule has 3 heteroatoms. The van der Waals surface area contributed by atoms with E-state index in [4.69, 9.17) is 0 Å². The molecule has 0 aliphatic carbocycles. The van der Waals surface area contributed by atoms with E-state index in [1.54, 1.807) is 0 Å². The molecule has 0 radical (unpaired) electrons. The van der Waals surface area contributed by atoms with Crippen molar-refractivity contribution in [2.45, 2.75) is 0 Å². The lowest BCUT2D eigenvalue weighted by Gasteiger charge is -2.27. The Morgan fingerprint density at radius 3 is 1.65 bits per heavy atom. The average molecular weight is 643 g/mol. The minimum absolute atomic E-state index is 1.11. The van der Waals surface area contributed by atoms with Gasteiger partial charge in [-0.2, -0.15) is 0 Å². The molecule has 0 unspecified atom stereocenters. The van der Waals surface area contributed by atoms with E-state index in [1.165, 1.54) is 69.6 Å². The molecule has 0 bridgehead atoms. The molecule has 0 saturated carbocycles. The van der Waals surface area contributed by atoms with Crippen molar-refractivity contribution in [2.24, 2.45) is 0 Å². The fourth-order valence-electron chi connectivity index (χ4n) is 7.53. The Bertz CT molecular complexity index is 2750. The van der Waals surface area contributed by atoms with Crippen molar-refractivity contribution in [1.29, 1.82) is 0 Å². The van der Waals surface area contributed by atoms with E-state index in [1.807, 2.05) is 11.3 Å². The first kappa shape index (κ1) is 27.9. The van der Waals surface area contributed by atoms with Crippen molar-refractivity contribution in [3.63, 3.8) is 0 Å². The van der Waals surface area contributed by atoms with Gasteiger partial charge in [-0.15, -0.1) is 11.3 Å². The third-order valence-corrected chi connectivity index (χ3v) is 11.0. The van der Waals surface area contributed by atoms with Crippen LogP contribution in [0, 0.1) is 0 Å². The van der Waals surface area contributed by atoms with Gasteiger partial charge >= 0.3 is 0 Å². The molecular weight excluding hydrogens is 613 g/mol. The normalized spacial score (nSPS) is 11.7. The summed E-state index contributed by atoms with van der Waals surface area (Å²) in [4.78, 5) is 2.44. The van der Waals surface area contributed by atoms with Crippen molar-refractivity contribution in [3.8, 4) is 16.8 Å². The average Bonchev–Trinajstić information content (AvgIpc) is 3.73. The van der Waals surface area contributed by atoms with Crippen LogP contribution in [0.15, 0.2) is 182 Å². The largest absolute Gasteiger partial charge is 0.310 e. The Morgan fingerprint density at radius 1 is 0.429 bits per heavy atom. The fraction of sp³-hybridized carbons (Fsp3) is 0. The van der Waals surface area contributed by atoms with E-state index in [0.29, 0.717) is 0 Å². The molecule has 2 heterocycles. The maximum atomic E-state index is 2.44. The molecule has 2 nitrogen and oxygen atoms in total. The van der Waals surface area contributed by atoms with E-state index in [9.17, 15) is 0 Å². The highest BCUT2D eigenvalue weighted by Gasteiger charge is 2.21. The zero-order chi connectivity index (χ0) is 32.3. The summed E-state index contributed by atoms with van der Waals surface area (Å²) in [6.07, 6.45) is 0. The highest BCUT2D eigenvalue weighted by molar-refractivity contribution is 7.26. The van der Waals surface area contributed by atoms with Crippen molar-refractivity contribution < 1.29 is 0 Å². The van der Waals surface area contributed by atoms with E-state index in [0.717, 1.165) is 17.1 Å². The highest BCUT2D eigenvalue weighted by atomic mass is 32.1. The molecule has 0 fully saturated rings. The highest BCUT2D eigenvalue weighted by Crippen LogP contribution is 2.48. The van der Waals surface area contributed by atoms with E-state index >= 15 is 0 Å². The summed E-state index contributed by atoms with van der Waals surface area (Å²) in [5, 5.41) is 7.65. The molecule has 0 saturated heterocycles. The molecule has 0 atom stereocenters. The maximum Gasteiger partial charge on any atom is 0.0561 e. The summed E-state index contributed by atoms with van der Waals surface area (Å²) in [6.45, 7) is 0. The van der Waals surface area contributed by atoms with Gasteiger partial charge in [0, 0.05) is 48.0 Å². The molecule has 0 spiro atoms. The molecule has 0 aliphatic rings. The number of hydrogen-bond acceptors (Lipinski definition) is 2. The lowest BCUT2D eigenvalue weighted by Crippen LogP contribution is -2.10. The molecule has 2 aromatic heterocycles. The van der Waals surface area contributed by atoms with Gasteiger partial charge in [-0.1, -0.05) is 121 Å². The summed E-state index contributed by atoms with van der Waals surface area (Å²) < 4.78 is 5.01. The molecule has 0 amide bonds. The predicted octanol–water partition coefficient (Wildman–Crippen LogP) is 13.4. The summed E-state index contributed by atoms with van der Waals surface area (Å²) >= 11 is 1.89. The number of fused-ring (bicyclic) bond motifs is 8. The molecular formula is C46H30N2S. The lowest BCUT2D eigenvalue weighted by atomic mass is 10.0. The molecule has 49 heavy (non-hydrogen) atoms. The van der Waals surface area contributed by atoms with Crippen molar-refractivity contribution in [2.75, 3.05) is 4.90 Å². The summed E-state index contributed by atoms with van der Waals surface area (Å²) in [7, 11) is 0. The van der Waals surface area contributed by atoms with E-state index < -0.39 is 0 Å². The first-order valence-electron chi connectivity index (χ1n) is 16.7. The van der Waals surface area contributed by atoms with Crippen LogP contribution in [0.3, 0.4) is 0 Å². The Labute approximate surface area is 288 Å². The number of anilines is 3. The number of aromatic nitrogens is 1. The Balaban J connectivity index is 1.21. The second kappa shape index (κ2) is 11.2. The van der Waals surface area contributed by atoms with Crippen molar-refractivity contribution in [1.82, 2.24) is 4.57 Å². The van der Waals surface area contributed by atoms with Gasteiger partial charge in [0.15, 0.2) is 0 Å². The molecule has 10 rings (SSSR count). The van der Waals surface area contributed by atoms with Gasteiger partial charge < -0.3 is 9.47 Å². The van der Waals surface area contributed by atoms with Gasteiger partial charge in [-0.3, -0.25) is 0 Å². The Hall–Kier alpha value is -6.16. The minimum Gasteiger partial charge on any atom is -0.310 e. The van der Waals surface area contributed by atoms with Crippen molar-refractivity contribution >= 4 is 81.1 Å². The standard InChI is InChI=1S/C46H30N2S/c1-2-12-31(13-3-1)32-22-24-34(25-23-32)47(43-30-33-14-4-5-15-37(33)46-45(43)40-18-8-11-21-44(40)49-46)35-26-28-36(29-27-35)48-41-19-9-6-16-38(41)39-17-7-10-20-42(39)48/h1-30H. The van der Waals surface area contributed by atoms with Crippen LogP contribution in [-0.4, -0.2) is 4.57 Å². The van der Waals surface area contributed by atoms with Gasteiger partial charge in [0.1, 0.15) is 0 Å².